The summed E-state index contributed by atoms with van der Waals surface area (Å²) in [6.07, 6.45) is 0. The van der Waals surface area contributed by atoms with E-state index in [0.717, 1.165) is 26.3 Å². The van der Waals surface area contributed by atoms with Crippen molar-refractivity contribution in [1.82, 2.24) is 4.98 Å². The van der Waals surface area contributed by atoms with Crippen LogP contribution in [0.3, 0.4) is 0 Å². The minimum absolute atomic E-state index is 0.542. The fourth-order valence-electron chi connectivity index (χ4n) is 1.85. The molecule has 0 aliphatic heterocycles. The molecule has 5 heteroatoms. The standard InChI is InChI=1S/C15H8BrCl2NS/c16-10-4-1-3-9(7-10)15-19-13(8-20-15)11-5-2-6-12(17)14(11)18/h1-8H. The predicted molar refractivity (Wildman–Crippen MR) is 90.7 cm³/mol. The number of thiazole rings is 1. The molecule has 0 fully saturated rings. The number of hydrogen-bond donors (Lipinski definition) is 0. The third kappa shape index (κ3) is 2.77. The van der Waals surface area contributed by atoms with Gasteiger partial charge in [-0.3, -0.25) is 0 Å². The highest BCUT2D eigenvalue weighted by Gasteiger charge is 2.11. The lowest BCUT2D eigenvalue weighted by Gasteiger charge is -2.02. The second kappa shape index (κ2) is 5.86. The summed E-state index contributed by atoms with van der Waals surface area (Å²) in [6, 6.07) is 13.6. The van der Waals surface area contributed by atoms with Crippen molar-refractivity contribution in [2.75, 3.05) is 0 Å². The van der Waals surface area contributed by atoms with Gasteiger partial charge in [-0.25, -0.2) is 4.98 Å². The number of hydrogen-bond acceptors (Lipinski definition) is 2. The first-order valence-electron chi connectivity index (χ1n) is 5.81. The minimum atomic E-state index is 0.542. The van der Waals surface area contributed by atoms with E-state index in [4.69, 9.17) is 23.2 Å². The number of aromatic nitrogens is 1. The van der Waals surface area contributed by atoms with E-state index < -0.39 is 0 Å². The third-order valence-electron chi connectivity index (χ3n) is 2.80. The van der Waals surface area contributed by atoms with Crippen LogP contribution >= 0.6 is 50.5 Å². The molecule has 3 aromatic rings. The predicted octanol–water partition coefficient (Wildman–Crippen LogP) is 6.55. The van der Waals surface area contributed by atoms with Crippen LogP contribution in [0.25, 0.3) is 21.8 Å². The molecule has 0 saturated heterocycles. The van der Waals surface area contributed by atoms with Gasteiger partial charge in [0, 0.05) is 21.0 Å². The fourth-order valence-corrected chi connectivity index (χ4v) is 3.47. The SMILES string of the molecule is Clc1cccc(-c2csc(-c3cccc(Br)c3)n2)c1Cl. The minimum Gasteiger partial charge on any atom is -0.236 e. The second-order valence-electron chi connectivity index (χ2n) is 4.15. The first-order valence-corrected chi connectivity index (χ1v) is 8.24. The molecule has 3 rings (SSSR count). The van der Waals surface area contributed by atoms with Crippen LogP contribution in [0.2, 0.25) is 10.0 Å². The van der Waals surface area contributed by atoms with E-state index in [-0.39, 0.29) is 0 Å². The Balaban J connectivity index is 2.04. The maximum absolute atomic E-state index is 6.23. The van der Waals surface area contributed by atoms with Crippen molar-refractivity contribution in [2.45, 2.75) is 0 Å². The summed E-state index contributed by atoms with van der Waals surface area (Å²) in [5.41, 5.74) is 2.78. The molecule has 1 aromatic heterocycles. The van der Waals surface area contributed by atoms with E-state index in [1.807, 2.05) is 41.8 Å². The number of rotatable bonds is 2. The van der Waals surface area contributed by atoms with Gasteiger partial charge in [-0.2, -0.15) is 0 Å². The van der Waals surface area contributed by atoms with Gasteiger partial charge in [-0.05, 0) is 18.2 Å². The Morgan fingerprint density at radius 3 is 2.65 bits per heavy atom. The molecule has 0 bridgehead atoms. The van der Waals surface area contributed by atoms with Gasteiger partial charge in [-0.1, -0.05) is 63.4 Å². The Morgan fingerprint density at radius 1 is 1.05 bits per heavy atom. The molecular weight excluding hydrogens is 377 g/mol. The highest BCUT2D eigenvalue weighted by atomic mass is 79.9. The van der Waals surface area contributed by atoms with Crippen LogP contribution in [-0.4, -0.2) is 4.98 Å². The van der Waals surface area contributed by atoms with Gasteiger partial charge in [0.1, 0.15) is 5.01 Å². The van der Waals surface area contributed by atoms with E-state index in [9.17, 15) is 0 Å². The molecule has 0 saturated carbocycles. The second-order valence-corrected chi connectivity index (χ2v) is 6.71. The topological polar surface area (TPSA) is 12.9 Å². The van der Waals surface area contributed by atoms with Crippen LogP contribution in [0.15, 0.2) is 52.3 Å². The Hall–Kier alpha value is -0.870. The molecule has 0 aliphatic carbocycles. The highest BCUT2D eigenvalue weighted by molar-refractivity contribution is 9.10. The maximum Gasteiger partial charge on any atom is 0.124 e. The van der Waals surface area contributed by atoms with Crippen molar-refractivity contribution >= 4 is 50.5 Å². The van der Waals surface area contributed by atoms with E-state index in [2.05, 4.69) is 20.9 Å². The molecule has 0 spiro atoms. The normalized spacial score (nSPS) is 10.8. The van der Waals surface area contributed by atoms with Crippen molar-refractivity contribution in [3.8, 4) is 21.8 Å². The summed E-state index contributed by atoms with van der Waals surface area (Å²) in [6.45, 7) is 0. The van der Waals surface area contributed by atoms with E-state index in [1.54, 1.807) is 17.4 Å². The van der Waals surface area contributed by atoms with Crippen LogP contribution in [0.4, 0.5) is 0 Å². The molecule has 2 aromatic carbocycles. The van der Waals surface area contributed by atoms with Crippen LogP contribution in [0.5, 0.6) is 0 Å². The van der Waals surface area contributed by atoms with Gasteiger partial charge < -0.3 is 0 Å². The zero-order valence-electron chi connectivity index (χ0n) is 10.1. The Bertz CT molecular complexity index is 770. The summed E-state index contributed by atoms with van der Waals surface area (Å²) in [4.78, 5) is 4.65. The Morgan fingerprint density at radius 2 is 1.85 bits per heavy atom. The van der Waals surface area contributed by atoms with Gasteiger partial charge in [0.2, 0.25) is 0 Å². The van der Waals surface area contributed by atoms with Gasteiger partial charge in [0.05, 0.1) is 15.7 Å². The van der Waals surface area contributed by atoms with Gasteiger partial charge in [-0.15, -0.1) is 11.3 Å². The van der Waals surface area contributed by atoms with Gasteiger partial charge in [0.15, 0.2) is 0 Å². The van der Waals surface area contributed by atoms with Crippen LogP contribution < -0.4 is 0 Å². The van der Waals surface area contributed by atoms with E-state index in [0.29, 0.717) is 10.0 Å². The summed E-state index contributed by atoms with van der Waals surface area (Å²) in [5, 5.41) is 4.03. The maximum atomic E-state index is 6.23. The molecule has 1 heterocycles. The smallest absolute Gasteiger partial charge is 0.124 e. The molecule has 1 nitrogen and oxygen atoms in total. The lowest BCUT2D eigenvalue weighted by molar-refractivity contribution is 1.40. The summed E-state index contributed by atoms with van der Waals surface area (Å²) in [5.74, 6) is 0. The number of benzene rings is 2. The third-order valence-corrected chi connectivity index (χ3v) is 5.01. The molecule has 0 N–H and O–H groups in total. The lowest BCUT2D eigenvalue weighted by atomic mass is 10.2. The molecule has 0 aliphatic rings. The van der Waals surface area contributed by atoms with Gasteiger partial charge in [0.25, 0.3) is 0 Å². The van der Waals surface area contributed by atoms with E-state index in [1.165, 1.54) is 0 Å². The van der Waals surface area contributed by atoms with Crippen LogP contribution in [0, 0.1) is 0 Å². The van der Waals surface area contributed by atoms with E-state index >= 15 is 0 Å². The molecule has 0 unspecified atom stereocenters. The molecule has 0 radical (unpaired) electrons. The lowest BCUT2D eigenvalue weighted by Crippen LogP contribution is -1.82. The first kappa shape index (κ1) is 14.1. The van der Waals surface area contributed by atoms with Crippen molar-refractivity contribution in [1.29, 1.82) is 0 Å². The average Bonchev–Trinajstić information content (AvgIpc) is 2.91. The largest absolute Gasteiger partial charge is 0.236 e. The molecular formula is C15H8BrCl2NS. The first-order chi connectivity index (χ1) is 9.65. The average molecular weight is 385 g/mol. The van der Waals surface area contributed by atoms with Crippen molar-refractivity contribution < 1.29 is 0 Å². The monoisotopic (exact) mass is 383 g/mol. The highest BCUT2D eigenvalue weighted by Crippen LogP contribution is 2.36. The number of halogens is 3. The molecule has 0 atom stereocenters. The fraction of sp³-hybridized carbons (Fsp3) is 0. The van der Waals surface area contributed by atoms with Crippen molar-refractivity contribution in [3.05, 3.63) is 62.4 Å². The van der Waals surface area contributed by atoms with Crippen molar-refractivity contribution in [3.63, 3.8) is 0 Å². The van der Waals surface area contributed by atoms with Gasteiger partial charge >= 0.3 is 0 Å². The Labute approximate surface area is 139 Å². The van der Waals surface area contributed by atoms with Crippen LogP contribution in [-0.2, 0) is 0 Å². The molecule has 0 amide bonds. The summed E-state index contributed by atoms with van der Waals surface area (Å²) < 4.78 is 1.03. The van der Waals surface area contributed by atoms with Crippen molar-refractivity contribution in [2.24, 2.45) is 0 Å². The molecule has 100 valence electrons. The Kier molecular flexibility index (Phi) is 4.13. The van der Waals surface area contributed by atoms with Crippen LogP contribution in [0.1, 0.15) is 0 Å². The molecule has 20 heavy (non-hydrogen) atoms. The zero-order valence-corrected chi connectivity index (χ0v) is 14.0. The summed E-state index contributed by atoms with van der Waals surface area (Å²) >= 11 is 17.3. The zero-order chi connectivity index (χ0) is 14.1. The summed E-state index contributed by atoms with van der Waals surface area (Å²) in [7, 11) is 0. The quantitative estimate of drug-likeness (QED) is 0.488. The number of nitrogens with zero attached hydrogens (tertiary/aromatic N) is 1.